The second kappa shape index (κ2) is 18.6. The fourth-order valence-corrected chi connectivity index (χ4v) is 10.8. The third-order valence-electron chi connectivity index (χ3n) is 15.8. The topological polar surface area (TPSA) is 57.4 Å². The molecule has 73 heavy (non-hydrogen) atoms. The van der Waals surface area contributed by atoms with Crippen molar-refractivity contribution in [2.24, 2.45) is 0 Å². The van der Waals surface area contributed by atoms with E-state index in [1.54, 1.807) is 0 Å². The largest absolute Gasteiger partial charge is 1.00 e. The van der Waals surface area contributed by atoms with E-state index in [4.69, 9.17) is 72.7 Å². The quantitative estimate of drug-likeness (QED) is 0.144. The maximum atomic E-state index is 6.56. The van der Waals surface area contributed by atoms with Crippen LogP contribution in [0.5, 0.6) is 0 Å². The maximum absolute atomic E-state index is 6.56. The number of nitrogens with zero attached hydrogens (tertiary/aromatic N) is 2. The molecule has 20 radical (unpaired) electrons. The number of aromatic nitrogens is 4. The third-order valence-corrected chi connectivity index (χ3v) is 15.8. The normalized spacial score (nSPS) is 26.6. The van der Waals surface area contributed by atoms with Crippen molar-refractivity contribution in [3.63, 3.8) is 0 Å². The van der Waals surface area contributed by atoms with Gasteiger partial charge < -0.3 is 9.97 Å². The van der Waals surface area contributed by atoms with Crippen molar-refractivity contribution in [3.05, 3.63) is 166 Å². The van der Waals surface area contributed by atoms with Gasteiger partial charge in [-0.25, -0.2) is 9.97 Å². The summed E-state index contributed by atoms with van der Waals surface area (Å²) in [4.78, 5) is 18.8. The molecule has 9 heterocycles. The third kappa shape index (κ3) is 9.53. The van der Waals surface area contributed by atoms with Crippen LogP contribution >= 0.6 is 0 Å². The number of hydrogen-bond acceptors (Lipinski definition) is 2. The molecule has 8 atom stereocenters. The second-order valence-electron chi connectivity index (χ2n) is 21.2. The van der Waals surface area contributed by atoms with Crippen LogP contribution in [-0.4, -0.2) is 112 Å². The summed E-state index contributed by atoms with van der Waals surface area (Å²) < 4.78 is 0. The van der Waals surface area contributed by atoms with Gasteiger partial charge in [0, 0.05) is 44.3 Å². The van der Waals surface area contributed by atoms with E-state index in [0.717, 1.165) is 112 Å². The minimum atomic E-state index is -0.490. The predicted molar refractivity (Wildman–Crippen MR) is 310 cm³/mol. The van der Waals surface area contributed by atoms with Crippen LogP contribution < -0.4 is 51.4 Å². The molecule has 17 heteroatoms. The summed E-state index contributed by atoms with van der Waals surface area (Å²) in [5, 5.41) is -1.95. The van der Waals surface area contributed by atoms with E-state index in [9.17, 15) is 0 Å². The molecule has 6 aliphatic heterocycles. The van der Waals surface area contributed by atoms with Crippen LogP contribution in [0.1, 0.15) is 45.0 Å². The summed E-state index contributed by atoms with van der Waals surface area (Å²) in [6.07, 6.45) is 11.1. The van der Waals surface area contributed by atoms with E-state index in [1.807, 2.05) is 29.1 Å². The van der Waals surface area contributed by atoms with Crippen LogP contribution in [0.4, 0.5) is 0 Å². The number of H-pyrrole nitrogens is 2. The predicted octanol–water partition coefficient (Wildman–Crippen LogP) is 6.17. The SMILES string of the molecule is [B]C1[B]C1([B])Cc1ccc(-c2c3nc(c(-c4ccc(CC5([B])[B]C5[B])cc4)c4ccc([nH]4)c(-c4ccc(CC5([B])[B]C5[B])cc4)c4ccc([nH]4)c(-c4ccc(CC5([B])[B]C5[B])cc4)c4nc2C=C4)C=C3)cc1.[K+]. The summed E-state index contributed by atoms with van der Waals surface area (Å²) in [5.41, 5.74) is 18.7. The number of aromatic amines is 2. The summed E-state index contributed by atoms with van der Waals surface area (Å²) in [6.45, 7) is 0. The maximum Gasteiger partial charge on any atom is 1.00 e. The molecule has 4 fully saturated rings. The van der Waals surface area contributed by atoms with Crippen molar-refractivity contribution in [2.45, 2.75) is 69.4 Å². The average Bonchev–Trinajstić information content (AvgIpc) is 4.06. The Labute approximate surface area is 484 Å². The molecular formula is C56H38B12KN4+. The zero-order chi connectivity index (χ0) is 49.3. The number of hydrogen-bond donors (Lipinski definition) is 2. The van der Waals surface area contributed by atoms with E-state index in [0.29, 0.717) is 25.7 Å². The van der Waals surface area contributed by atoms with Gasteiger partial charge in [-0.1, -0.05) is 118 Å². The van der Waals surface area contributed by atoms with E-state index in [-0.39, 0.29) is 74.3 Å². The number of nitrogens with one attached hydrogen (secondary N) is 2. The second-order valence-corrected chi connectivity index (χ2v) is 21.2. The van der Waals surface area contributed by atoms with Crippen LogP contribution in [-0.2, 0) is 25.7 Å². The van der Waals surface area contributed by atoms with Gasteiger partial charge in [-0.2, -0.15) is 0 Å². The molecule has 318 valence electrons. The van der Waals surface area contributed by atoms with Crippen molar-refractivity contribution in [3.8, 4) is 44.5 Å². The molecule has 4 nitrogen and oxygen atoms in total. The molecule has 0 spiro atoms. The molecule has 7 aromatic rings. The van der Waals surface area contributed by atoms with Crippen LogP contribution in [0.15, 0.2) is 121 Å². The molecule has 8 bridgehead atoms. The Morgan fingerprint density at radius 3 is 0.822 bits per heavy atom. The first-order valence-electron chi connectivity index (χ1n) is 24.8. The summed E-state index contributed by atoms with van der Waals surface area (Å²) in [5.74, 6) is 0. The van der Waals surface area contributed by atoms with Crippen molar-refractivity contribution in [1.29, 1.82) is 0 Å². The van der Waals surface area contributed by atoms with Gasteiger partial charge in [0.15, 0.2) is 0 Å². The molecule has 0 amide bonds. The van der Waals surface area contributed by atoms with E-state index in [1.165, 1.54) is 0 Å². The van der Waals surface area contributed by atoms with Crippen LogP contribution in [0.3, 0.4) is 0 Å². The standard InChI is InChI=1S/C56H38B12N4.K/c57-49-53(61,65-49)25-29-1-9-33(10-2-29)45-37-17-19-39(69-37)46(34-11-3-30(4-12-34)26-54(62)50(58)66-54)41-21-23-43(71-41)48(36-15-7-32(8-16-36)28-56(64)52(60)68-56)44-24-22-42(72-44)47(40-20-18-38(45)70-40)35-13-5-31(6-14-35)27-55(63)51(59)67-55;/h1-24,49-52,69-70H,25-28H2;/q;+1. The Balaban J connectivity index is 0.00000543. The Morgan fingerprint density at radius 2 is 0.562 bits per heavy atom. The van der Waals surface area contributed by atoms with Gasteiger partial charge in [0.2, 0.25) is 0 Å². The minimum Gasteiger partial charge on any atom is -0.354 e. The van der Waals surface area contributed by atoms with Gasteiger partial charge >= 0.3 is 51.4 Å². The Bertz CT molecular complexity index is 3420. The minimum absolute atomic E-state index is 0. The molecule has 4 aromatic carbocycles. The molecule has 6 aliphatic rings. The zero-order valence-corrected chi connectivity index (χ0v) is 43.9. The Hall–Kier alpha value is -4.10. The van der Waals surface area contributed by atoms with Crippen molar-refractivity contribution in [1.82, 2.24) is 19.9 Å². The van der Waals surface area contributed by atoms with Crippen LogP contribution in [0.25, 0.3) is 90.9 Å². The first-order chi connectivity index (χ1) is 34.6. The first kappa shape index (κ1) is 49.8. The molecule has 2 N–H and O–H groups in total. The molecule has 3 aromatic heterocycles. The van der Waals surface area contributed by atoms with Gasteiger partial charge in [0.25, 0.3) is 0 Å². The zero-order valence-electron chi connectivity index (χ0n) is 40.8. The molecule has 0 saturated carbocycles. The molecule has 8 unspecified atom stereocenters. The number of fused-ring (bicyclic) bond motifs is 8. The van der Waals surface area contributed by atoms with E-state index in [2.05, 4.69) is 156 Å². The average molecular weight is 936 g/mol. The van der Waals surface area contributed by atoms with Gasteiger partial charge in [-0.15, -0.1) is 22.9 Å². The summed E-state index contributed by atoms with van der Waals surface area (Å²) in [7, 11) is 59.0. The molecule has 0 aliphatic carbocycles. The fraction of sp³-hybridized carbons (Fsp3) is 0.214. The van der Waals surface area contributed by atoms with Crippen molar-refractivity contribution < 1.29 is 51.4 Å². The molecular weight excluding hydrogens is 897 g/mol. The fourth-order valence-electron chi connectivity index (χ4n) is 10.8. The van der Waals surface area contributed by atoms with Gasteiger partial charge in [-0.05, 0) is 119 Å². The summed E-state index contributed by atoms with van der Waals surface area (Å²) >= 11 is 0. The van der Waals surface area contributed by atoms with Crippen molar-refractivity contribution >= 4 is 138 Å². The summed E-state index contributed by atoms with van der Waals surface area (Å²) in [6, 6.07) is 43.0. The van der Waals surface area contributed by atoms with Gasteiger partial charge in [0.05, 0.1) is 115 Å². The van der Waals surface area contributed by atoms with Crippen LogP contribution in [0, 0.1) is 0 Å². The van der Waals surface area contributed by atoms with Gasteiger partial charge in [0.1, 0.15) is 0 Å². The first-order valence-corrected chi connectivity index (χ1v) is 24.8. The van der Waals surface area contributed by atoms with E-state index >= 15 is 0 Å². The van der Waals surface area contributed by atoms with E-state index < -0.39 is 20.9 Å². The smallest absolute Gasteiger partial charge is 0.354 e. The number of rotatable bonds is 12. The number of benzene rings is 4. The van der Waals surface area contributed by atoms with Crippen LogP contribution in [0.2, 0.25) is 43.7 Å². The Morgan fingerprint density at radius 1 is 0.342 bits per heavy atom. The van der Waals surface area contributed by atoms with Gasteiger partial charge in [-0.3, -0.25) is 0 Å². The monoisotopic (exact) mass is 937 g/mol. The molecule has 13 rings (SSSR count). The Kier molecular flexibility index (Phi) is 12.7. The van der Waals surface area contributed by atoms with Crippen molar-refractivity contribution in [2.75, 3.05) is 0 Å². The molecule has 4 saturated heterocycles.